The lowest BCUT2D eigenvalue weighted by molar-refractivity contribution is 0.465. The first-order valence-electron chi connectivity index (χ1n) is 8.71. The normalized spacial score (nSPS) is 18.8. The maximum atomic E-state index is 13.5. The summed E-state index contributed by atoms with van der Waals surface area (Å²) in [5.41, 5.74) is 3.06. The molecule has 27 heavy (non-hydrogen) atoms. The van der Waals surface area contributed by atoms with E-state index in [1.54, 1.807) is 18.0 Å². The quantitative estimate of drug-likeness (QED) is 0.509. The van der Waals surface area contributed by atoms with E-state index in [1.807, 2.05) is 42.7 Å². The van der Waals surface area contributed by atoms with Crippen LogP contribution in [0.4, 0.5) is 8.78 Å². The van der Waals surface area contributed by atoms with E-state index in [2.05, 4.69) is 28.6 Å². The molecular weight excluding hydrogens is 362 g/mol. The van der Waals surface area contributed by atoms with Crippen LogP contribution >= 0.6 is 11.9 Å². The summed E-state index contributed by atoms with van der Waals surface area (Å²) in [4.78, 5) is 4.74. The zero-order valence-electron chi connectivity index (χ0n) is 14.5. The average molecular weight is 380 g/mol. The fraction of sp³-hybridized carbons (Fsp3) is 0.136. The summed E-state index contributed by atoms with van der Waals surface area (Å²) >= 11 is 1.55. The van der Waals surface area contributed by atoms with Gasteiger partial charge in [0.05, 0.1) is 12.4 Å². The van der Waals surface area contributed by atoms with Crippen molar-refractivity contribution in [2.45, 2.75) is 17.8 Å². The van der Waals surface area contributed by atoms with Gasteiger partial charge in [0.2, 0.25) is 0 Å². The van der Waals surface area contributed by atoms with Gasteiger partial charge in [0.1, 0.15) is 6.04 Å². The molecule has 2 nitrogen and oxygen atoms in total. The van der Waals surface area contributed by atoms with E-state index < -0.39 is 11.6 Å². The van der Waals surface area contributed by atoms with E-state index in [9.17, 15) is 8.78 Å². The maximum absolute atomic E-state index is 13.5. The Bertz CT molecular complexity index is 932. The van der Waals surface area contributed by atoms with Gasteiger partial charge in [-0.2, -0.15) is 0 Å². The van der Waals surface area contributed by atoms with Crippen molar-refractivity contribution < 1.29 is 8.78 Å². The van der Waals surface area contributed by atoms with Crippen LogP contribution in [-0.4, -0.2) is 10.6 Å². The fourth-order valence-electron chi connectivity index (χ4n) is 3.22. The molecule has 0 saturated heterocycles. The summed E-state index contributed by atoms with van der Waals surface area (Å²) in [6.07, 6.45) is 1.85. The predicted octanol–water partition coefficient (Wildman–Crippen LogP) is 5.94. The van der Waals surface area contributed by atoms with Crippen molar-refractivity contribution >= 4 is 18.3 Å². The van der Waals surface area contributed by atoms with E-state index in [0.29, 0.717) is 5.75 Å². The van der Waals surface area contributed by atoms with E-state index in [-0.39, 0.29) is 12.1 Å². The van der Waals surface area contributed by atoms with Crippen molar-refractivity contribution in [1.82, 2.24) is 4.31 Å². The lowest BCUT2D eigenvalue weighted by Gasteiger charge is -2.27. The van der Waals surface area contributed by atoms with Crippen molar-refractivity contribution in [2.75, 3.05) is 0 Å². The Balaban J connectivity index is 1.57. The van der Waals surface area contributed by atoms with E-state index >= 15 is 0 Å². The molecule has 0 N–H and O–H groups in total. The number of halogens is 2. The Morgan fingerprint density at radius 2 is 1.48 bits per heavy atom. The van der Waals surface area contributed by atoms with Gasteiger partial charge in [-0.15, -0.1) is 0 Å². The lowest BCUT2D eigenvalue weighted by Crippen LogP contribution is -2.20. The standard InChI is InChI=1S/C22H18F2N2S/c23-19-12-11-16(13-20(19)24)14-27-26-15-25-21(17-7-3-1-4-8-17)22(26)18-9-5-2-6-10-18/h1-13,15,21-22H,14H2/t21-,22+/m0/s1. The summed E-state index contributed by atoms with van der Waals surface area (Å²) in [5.74, 6) is -1.10. The van der Waals surface area contributed by atoms with Gasteiger partial charge in [-0.25, -0.2) is 8.78 Å². The summed E-state index contributed by atoms with van der Waals surface area (Å²) in [6, 6.07) is 24.5. The smallest absolute Gasteiger partial charge is 0.159 e. The second-order valence-electron chi connectivity index (χ2n) is 6.36. The molecule has 5 heteroatoms. The van der Waals surface area contributed by atoms with Gasteiger partial charge in [0.25, 0.3) is 0 Å². The third kappa shape index (κ3) is 3.88. The molecule has 0 aliphatic carbocycles. The molecule has 3 aromatic rings. The van der Waals surface area contributed by atoms with Crippen LogP contribution in [-0.2, 0) is 5.75 Å². The minimum absolute atomic E-state index is 0.00828. The van der Waals surface area contributed by atoms with Crippen LogP contribution in [0.1, 0.15) is 28.8 Å². The van der Waals surface area contributed by atoms with Crippen molar-refractivity contribution in [3.05, 3.63) is 107 Å². The molecule has 1 heterocycles. The van der Waals surface area contributed by atoms with Crippen LogP contribution in [0.5, 0.6) is 0 Å². The van der Waals surface area contributed by atoms with E-state index in [1.165, 1.54) is 17.7 Å². The number of rotatable bonds is 5. The second-order valence-corrected chi connectivity index (χ2v) is 7.33. The first-order chi connectivity index (χ1) is 13.2. The zero-order chi connectivity index (χ0) is 18.6. The lowest BCUT2D eigenvalue weighted by atomic mass is 9.95. The molecule has 0 amide bonds. The summed E-state index contributed by atoms with van der Waals surface area (Å²) in [7, 11) is 0. The molecule has 0 unspecified atom stereocenters. The minimum atomic E-state index is -0.821. The van der Waals surface area contributed by atoms with Gasteiger partial charge in [-0.3, -0.25) is 9.30 Å². The maximum Gasteiger partial charge on any atom is 0.159 e. The Morgan fingerprint density at radius 1 is 0.815 bits per heavy atom. The molecule has 0 saturated carbocycles. The van der Waals surface area contributed by atoms with Gasteiger partial charge in [0, 0.05) is 5.75 Å². The zero-order valence-corrected chi connectivity index (χ0v) is 15.3. The summed E-state index contributed by atoms with van der Waals surface area (Å²) < 4.78 is 28.7. The minimum Gasteiger partial charge on any atom is -0.297 e. The highest BCUT2D eigenvalue weighted by Gasteiger charge is 2.33. The van der Waals surface area contributed by atoms with Gasteiger partial charge in [-0.05, 0) is 40.8 Å². The van der Waals surface area contributed by atoms with Crippen molar-refractivity contribution in [3.8, 4) is 0 Å². The number of hydrogen-bond donors (Lipinski definition) is 0. The van der Waals surface area contributed by atoms with Crippen molar-refractivity contribution in [1.29, 1.82) is 0 Å². The molecule has 4 rings (SSSR count). The molecule has 0 spiro atoms. The SMILES string of the molecule is Fc1ccc(CSN2C=N[C@@H](c3ccccc3)[C@H]2c2ccccc2)cc1F. The fourth-order valence-corrected chi connectivity index (χ4v) is 4.22. The highest BCUT2D eigenvalue weighted by atomic mass is 32.2. The van der Waals surface area contributed by atoms with Gasteiger partial charge >= 0.3 is 0 Å². The van der Waals surface area contributed by atoms with Crippen LogP contribution in [0.3, 0.4) is 0 Å². The van der Waals surface area contributed by atoms with Gasteiger partial charge in [-0.1, -0.05) is 66.7 Å². The molecular formula is C22H18F2N2S. The average Bonchev–Trinajstić information content (AvgIpc) is 3.14. The highest BCUT2D eigenvalue weighted by Crippen LogP contribution is 2.43. The number of aliphatic imine (C=N–C) groups is 1. The monoisotopic (exact) mass is 380 g/mol. The Labute approximate surface area is 161 Å². The summed E-state index contributed by atoms with van der Waals surface area (Å²) in [6.45, 7) is 0. The number of nitrogens with zero attached hydrogens (tertiary/aromatic N) is 2. The Kier molecular flexibility index (Phi) is 5.21. The predicted molar refractivity (Wildman–Crippen MR) is 106 cm³/mol. The van der Waals surface area contributed by atoms with Crippen molar-refractivity contribution in [2.24, 2.45) is 4.99 Å². The molecule has 0 aromatic heterocycles. The highest BCUT2D eigenvalue weighted by molar-refractivity contribution is 7.96. The topological polar surface area (TPSA) is 15.6 Å². The van der Waals surface area contributed by atoms with Gasteiger partial charge < -0.3 is 0 Å². The first kappa shape index (κ1) is 17.7. The molecule has 0 radical (unpaired) electrons. The molecule has 136 valence electrons. The molecule has 0 fully saturated rings. The van der Waals surface area contributed by atoms with E-state index in [0.717, 1.165) is 11.1 Å². The molecule has 1 aliphatic heterocycles. The number of benzene rings is 3. The molecule has 0 bridgehead atoms. The molecule has 1 aliphatic rings. The number of hydrogen-bond acceptors (Lipinski definition) is 3. The second kappa shape index (κ2) is 7.92. The Morgan fingerprint density at radius 3 is 2.15 bits per heavy atom. The van der Waals surface area contributed by atoms with Gasteiger partial charge in [0.15, 0.2) is 11.6 Å². The van der Waals surface area contributed by atoms with Crippen LogP contribution in [0.15, 0.2) is 83.9 Å². The first-order valence-corrected chi connectivity index (χ1v) is 9.65. The third-order valence-corrected chi connectivity index (χ3v) is 5.64. The van der Waals surface area contributed by atoms with Crippen LogP contribution in [0, 0.1) is 11.6 Å². The van der Waals surface area contributed by atoms with Crippen LogP contribution in [0.2, 0.25) is 0 Å². The van der Waals surface area contributed by atoms with Crippen LogP contribution in [0.25, 0.3) is 0 Å². The largest absolute Gasteiger partial charge is 0.297 e. The van der Waals surface area contributed by atoms with Crippen molar-refractivity contribution in [3.63, 3.8) is 0 Å². The molecule has 2 atom stereocenters. The van der Waals surface area contributed by atoms with E-state index in [4.69, 9.17) is 4.99 Å². The third-order valence-electron chi connectivity index (χ3n) is 4.56. The summed E-state index contributed by atoms with van der Waals surface area (Å²) in [5, 5.41) is 0. The molecule has 3 aromatic carbocycles. The Hall–Kier alpha value is -2.66. The van der Waals surface area contributed by atoms with Crippen LogP contribution < -0.4 is 0 Å².